The van der Waals surface area contributed by atoms with Crippen LogP contribution in [-0.2, 0) is 284 Å². The number of halogens is 5. The zero-order valence-corrected chi connectivity index (χ0v) is 101. The van der Waals surface area contributed by atoms with Crippen LogP contribution in [-0.4, -0.2) is 97.6 Å². The van der Waals surface area contributed by atoms with Gasteiger partial charge in [-0.2, -0.15) is 55.7 Å². The summed E-state index contributed by atoms with van der Waals surface area (Å²) < 4.78 is 27.7. The van der Waals surface area contributed by atoms with E-state index in [1.54, 1.807) is 18.2 Å². The van der Waals surface area contributed by atoms with Gasteiger partial charge in [-0.3, -0.25) is 28.8 Å². The standard InChI is InChI=1S/C29H31Cl2O2.C23H25O5.C22H28BrCl2O2.C22H27O2.C21H29O3.5Y/c30-27-18-25(20-33-19-23-10-5-2-6-11-23)26(29(27)31)15-14-22-12-7-13-24(16-22)28(32)17-21-8-3-1-4-9-21;24-21-8-2-6-18-15(4-1-7-20(18)21)9-10-19-16(12-22(25)23(19)26)13-27-14-17-5-3-11-28-17;1-3-4-5-6-7-18-13-21(23)22(25)20(18)9-8-16-10-17(12-19(24)11-16)14-27-15(2)26;1-2-3-4-5-7-17-11-14-21(23)19(17)12-10-16-8-6-9-20-18(16)13-15-22(20)24;1-2-3-13-24-14-16-8-11-20(22)18(16)9-7-15-5-4-6-19-17(15)10-12-21(19)23;;;;;/h1-5,7-13,16,25-29,32H,14-15,17-20H2;1,3-5,7,16,19,21,24H,2,6,8-10,12-14H2;5-6,10-12,18,20-22H,1,3-4,7-9,13-14H2,2H3;6,8-9,11,14,17,19H,1-5,7,10,12-13,15H2;4-6,16,18,21,23H,1-3,7-14H2;;;;;/q5*-1;;;;;/b;;6-5-;;;;;;;/t25-,26-,27?,28?,29?;16-,19-,21?;18-,20+,21?,22?;17-,19+;16-,18-,21?;;;;;/m11001...../s1. The Morgan fingerprint density at radius 3 is 1.89 bits per heavy atom. The molecule has 1 aromatic heterocycles. The molecule has 8 aliphatic rings. The van der Waals surface area contributed by atoms with E-state index in [2.05, 4.69) is 122 Å². The summed E-state index contributed by atoms with van der Waals surface area (Å²) in [6.07, 6.45) is 39.9. The van der Waals surface area contributed by atoms with Crippen LogP contribution in [0.3, 0.4) is 0 Å². The van der Waals surface area contributed by atoms with Gasteiger partial charge in [-0.05, 0) is 279 Å². The number of hydrogen-bond donors (Lipinski definition) is 3. The Hall–Kier alpha value is -1.96. The van der Waals surface area contributed by atoms with Crippen molar-refractivity contribution in [2.45, 2.75) is 278 Å². The number of aryl methyl sites for hydroxylation is 5. The molecule has 0 bridgehead atoms. The Labute approximate surface area is 994 Å². The van der Waals surface area contributed by atoms with Crippen molar-refractivity contribution in [2.75, 3.05) is 26.4 Å². The molecule has 141 heavy (non-hydrogen) atoms. The molecule has 0 saturated heterocycles. The molecule has 16 rings (SSSR count). The van der Waals surface area contributed by atoms with Gasteiger partial charge in [-0.15, -0.1) is 46.4 Å². The first-order chi connectivity index (χ1) is 66.0. The van der Waals surface area contributed by atoms with Gasteiger partial charge >= 0.3 is 5.97 Å². The van der Waals surface area contributed by atoms with Gasteiger partial charge in [-0.1, -0.05) is 193 Å². The largest absolute Gasteiger partial charge is 0.593 e. The normalized spacial score (nSPS) is 23.4. The summed E-state index contributed by atoms with van der Waals surface area (Å²) in [5.41, 5.74) is 17.1. The van der Waals surface area contributed by atoms with E-state index in [9.17, 15) is 44.1 Å². The van der Waals surface area contributed by atoms with Gasteiger partial charge < -0.3 is 59.5 Å². The Balaban J connectivity index is 0.000000238. The van der Waals surface area contributed by atoms with Crippen LogP contribution in [0.2, 0.25) is 5.02 Å². The third kappa shape index (κ3) is 39.3. The number of carbonyl (C=O) groups excluding carboxylic acids is 6. The zero-order valence-electron chi connectivity index (χ0n) is 82.2. The minimum absolute atomic E-state index is 0. The molecular weight excluding hydrogens is 2300 g/mol. The molecule has 17 atom stereocenters. The summed E-state index contributed by atoms with van der Waals surface area (Å²) in [7, 11) is 0. The molecule has 0 aliphatic heterocycles. The van der Waals surface area contributed by atoms with Crippen molar-refractivity contribution in [2.24, 2.45) is 59.2 Å². The molecule has 7 unspecified atom stereocenters. The molecule has 5 radical (unpaired) electrons. The predicted molar refractivity (Wildman–Crippen MR) is 546 cm³/mol. The Morgan fingerprint density at radius 2 is 1.19 bits per heavy atom. The van der Waals surface area contributed by atoms with E-state index in [0.29, 0.717) is 121 Å². The molecule has 7 aromatic carbocycles. The topological polar surface area (TPSA) is 213 Å². The Morgan fingerprint density at radius 1 is 0.546 bits per heavy atom. The SMILES string of the molecule is O=C1C[C@H](COCc2cc[c-]o2)[C@@H](CCc2cccc3c2CCCC3O)C1=O.OC(Cc1ccccc1)c1cccc(CC[C@H]2C(Cl)C(Cl)C[C@@H]2COCc2c[c-]ccc2)c1.[CH2-]CC/C=C\C[C@H]1CC(Br)C(Cl)[C@@H]1CCc1cc(Cl)cc(COC(C)=O)c1.[CH2-]CCCCC[C@H]1C=CC(=O)[C@@H]1CCc1cccc2c1CCC2=O.[CH2-]CCCOC[C@H]1CCC(=O)[C@@H]1CCc1cccc2c1CCC2O.[Y].[Y].[Y].[Y].[Y]. The van der Waals surface area contributed by atoms with E-state index in [4.69, 9.17) is 69.8 Å². The second-order valence-corrected chi connectivity index (χ2v) is 41.7. The van der Waals surface area contributed by atoms with Crippen LogP contribution >= 0.6 is 62.3 Å². The van der Waals surface area contributed by atoms with Crippen molar-refractivity contribution in [3.63, 3.8) is 0 Å². The second-order valence-electron chi connectivity index (χ2n) is 38.5. The number of rotatable bonds is 42. The fourth-order valence-electron chi connectivity index (χ4n) is 21.6. The number of fused-ring (bicyclic) bond motifs is 3. The maximum Gasteiger partial charge on any atom is 0.302 e. The summed E-state index contributed by atoms with van der Waals surface area (Å²) in [6, 6.07) is 57.1. The van der Waals surface area contributed by atoms with Gasteiger partial charge in [0.25, 0.3) is 0 Å². The minimum atomic E-state index is -0.511. The van der Waals surface area contributed by atoms with Crippen molar-refractivity contribution in [1.29, 1.82) is 0 Å². The second kappa shape index (κ2) is 67.5. The van der Waals surface area contributed by atoms with Crippen LogP contribution < -0.4 is 0 Å². The smallest absolute Gasteiger partial charge is 0.302 e. The molecule has 8 aliphatic carbocycles. The molecule has 3 N–H and O–H groups in total. The fraction of sp³-hybridized carbons (Fsp3) is 0.496. The van der Waals surface area contributed by atoms with Crippen molar-refractivity contribution in [1.82, 2.24) is 0 Å². The number of carbonyl (C=O) groups is 6. The number of alkyl halides is 4. The number of aliphatic hydroxyl groups is 3. The van der Waals surface area contributed by atoms with E-state index in [1.807, 2.05) is 97.1 Å². The summed E-state index contributed by atoms with van der Waals surface area (Å²) in [5, 5.41) is 31.8. The third-order valence-electron chi connectivity index (χ3n) is 29.0. The van der Waals surface area contributed by atoms with Crippen LogP contribution in [0.5, 0.6) is 0 Å². The Bertz CT molecular complexity index is 5160. The number of hydrogen-bond acceptors (Lipinski definition) is 14. The number of esters is 1. The number of aliphatic hydroxyl groups excluding tert-OH is 3. The number of furan rings is 1. The fourth-order valence-corrected chi connectivity index (χ4v) is 24.0. The van der Waals surface area contributed by atoms with E-state index in [0.717, 1.165) is 212 Å². The van der Waals surface area contributed by atoms with Gasteiger partial charge in [0.15, 0.2) is 17.3 Å². The quantitative estimate of drug-likeness (QED) is 0.00811. The van der Waals surface area contributed by atoms with Crippen LogP contribution in [0, 0.1) is 92.3 Å². The van der Waals surface area contributed by atoms with Crippen LogP contribution in [0.25, 0.3) is 0 Å². The molecule has 14 nitrogen and oxygen atoms in total. The number of ketones is 5. The molecule has 747 valence electrons. The van der Waals surface area contributed by atoms with Crippen molar-refractivity contribution >= 4 is 97.2 Å². The molecule has 0 spiro atoms. The minimum Gasteiger partial charge on any atom is -0.593 e. The molecule has 0 amide bonds. The molecule has 4 saturated carbocycles. The predicted octanol–water partition coefficient (Wildman–Crippen LogP) is 25.8. The first-order valence-corrected chi connectivity index (χ1v) is 52.6. The monoisotopic (exact) mass is 2430 g/mol. The van der Waals surface area contributed by atoms with Gasteiger partial charge in [0, 0.05) is 268 Å². The zero-order chi connectivity index (χ0) is 96.2. The maximum absolute atomic E-state index is 12.4. The van der Waals surface area contributed by atoms with Gasteiger partial charge in [0.2, 0.25) is 5.78 Å². The van der Waals surface area contributed by atoms with Crippen molar-refractivity contribution in [3.05, 3.63) is 315 Å². The van der Waals surface area contributed by atoms with E-state index >= 15 is 0 Å². The van der Waals surface area contributed by atoms with E-state index in [1.165, 1.54) is 65.1 Å². The third-order valence-corrected chi connectivity index (χ3v) is 32.3. The number of Topliss-reactive ketones (excluding diaryl/α,β-unsaturated/α-hetero) is 4. The van der Waals surface area contributed by atoms with E-state index in [-0.39, 0.29) is 246 Å². The van der Waals surface area contributed by atoms with Gasteiger partial charge in [0.05, 0.1) is 35.7 Å². The van der Waals surface area contributed by atoms with E-state index < -0.39 is 12.2 Å². The Kier molecular flexibility index (Phi) is 60.3. The molecular formula is C117H140BrCl4O14Y5-5. The van der Waals surface area contributed by atoms with Crippen molar-refractivity contribution < 1.29 is 231 Å². The number of allylic oxidation sites excluding steroid dienone is 4. The summed E-state index contributed by atoms with van der Waals surface area (Å²) in [5.74, 6) is 3.26. The molecule has 8 aromatic rings. The molecule has 4 fully saturated rings. The maximum atomic E-state index is 12.4. The average Bonchev–Trinajstić information content (AvgIpc) is 1.77. The molecule has 1 heterocycles. The average molecular weight is 2440 g/mol. The summed E-state index contributed by atoms with van der Waals surface area (Å²) >= 11 is 30.0. The first kappa shape index (κ1) is 126. The number of unbranched alkanes of at least 4 members (excludes halogenated alkanes) is 5. The number of benzene rings is 7. The van der Waals surface area contributed by atoms with Crippen LogP contribution in [0.1, 0.15) is 273 Å². The summed E-state index contributed by atoms with van der Waals surface area (Å²) in [4.78, 5) is 72.2. The first-order valence-electron chi connectivity index (χ1n) is 50.0. The summed E-state index contributed by atoms with van der Waals surface area (Å²) in [6.45, 7) is 16.7. The van der Waals surface area contributed by atoms with Crippen molar-refractivity contribution in [3.8, 4) is 0 Å². The van der Waals surface area contributed by atoms with Gasteiger partial charge in [-0.25, -0.2) is 0 Å². The van der Waals surface area contributed by atoms with Gasteiger partial charge in [0.1, 0.15) is 12.4 Å². The number of ether oxygens (including phenoxy) is 4. The molecule has 24 heteroatoms. The van der Waals surface area contributed by atoms with Crippen LogP contribution in [0.4, 0.5) is 0 Å². The van der Waals surface area contributed by atoms with Crippen LogP contribution in [0.15, 0.2) is 193 Å².